The van der Waals surface area contributed by atoms with E-state index in [0.29, 0.717) is 0 Å². The maximum atomic E-state index is 5.76. The molecule has 2 aliphatic rings. The summed E-state index contributed by atoms with van der Waals surface area (Å²) in [5, 5.41) is 3.61. The number of anilines is 1. The number of nitrogens with one attached hydrogen (secondary N) is 1. The summed E-state index contributed by atoms with van der Waals surface area (Å²) in [5.41, 5.74) is 2.67. The minimum Gasteiger partial charge on any atom is -0.468 e. The standard InChI is InChI=1S/C21H28N4O.HI/c1-22-21(25-14-11-17-8-3-4-9-18(17)25)23-16-19(20-10-7-15-26-20)24-12-5-2-6-13-24;/h3-4,7-10,15,19H,2,5-6,11-14,16H2,1H3,(H,22,23);1H. The molecule has 1 saturated heterocycles. The zero-order valence-corrected chi connectivity index (χ0v) is 18.3. The molecule has 1 unspecified atom stereocenters. The first kappa shape index (κ1) is 20.2. The number of para-hydroxylation sites is 1. The smallest absolute Gasteiger partial charge is 0.198 e. The molecule has 0 bridgehead atoms. The summed E-state index contributed by atoms with van der Waals surface area (Å²) in [6.07, 6.45) is 6.72. The van der Waals surface area contributed by atoms with E-state index in [-0.39, 0.29) is 30.0 Å². The van der Waals surface area contributed by atoms with Gasteiger partial charge in [-0.15, -0.1) is 24.0 Å². The van der Waals surface area contributed by atoms with Crippen molar-refractivity contribution in [2.24, 2.45) is 4.99 Å². The Balaban J connectivity index is 0.00000210. The number of likely N-dealkylation sites (tertiary alicyclic amines) is 1. The molecule has 1 aromatic carbocycles. The highest BCUT2D eigenvalue weighted by Crippen LogP contribution is 2.28. The molecule has 1 aromatic heterocycles. The first-order valence-corrected chi connectivity index (χ1v) is 9.70. The summed E-state index contributed by atoms with van der Waals surface area (Å²) in [6, 6.07) is 12.9. The molecule has 0 aliphatic carbocycles. The van der Waals surface area contributed by atoms with E-state index in [1.807, 2.05) is 13.1 Å². The Morgan fingerprint density at radius 2 is 1.93 bits per heavy atom. The van der Waals surface area contributed by atoms with Gasteiger partial charge in [-0.2, -0.15) is 0 Å². The second-order valence-electron chi connectivity index (χ2n) is 7.09. The molecular weight excluding hydrogens is 451 g/mol. The van der Waals surface area contributed by atoms with E-state index in [0.717, 1.165) is 44.3 Å². The van der Waals surface area contributed by atoms with E-state index in [2.05, 4.69) is 50.4 Å². The second kappa shape index (κ2) is 9.59. The van der Waals surface area contributed by atoms with Crippen molar-refractivity contribution in [2.45, 2.75) is 31.7 Å². The summed E-state index contributed by atoms with van der Waals surface area (Å²) >= 11 is 0. The van der Waals surface area contributed by atoms with Gasteiger partial charge in [0.2, 0.25) is 0 Å². The first-order chi connectivity index (χ1) is 12.9. The molecule has 1 atom stereocenters. The van der Waals surface area contributed by atoms with Crippen molar-refractivity contribution in [3.8, 4) is 0 Å². The predicted octanol–water partition coefficient (Wildman–Crippen LogP) is 4.06. The Hall–Kier alpha value is -1.54. The lowest BCUT2D eigenvalue weighted by molar-refractivity contribution is 0.146. The molecule has 1 fully saturated rings. The fraction of sp³-hybridized carbons (Fsp3) is 0.476. The summed E-state index contributed by atoms with van der Waals surface area (Å²) < 4.78 is 5.76. The zero-order valence-electron chi connectivity index (χ0n) is 15.9. The number of aliphatic imine (C=N–C) groups is 1. The number of hydrogen-bond acceptors (Lipinski definition) is 3. The van der Waals surface area contributed by atoms with E-state index in [1.54, 1.807) is 6.26 Å². The molecule has 5 nitrogen and oxygen atoms in total. The quantitative estimate of drug-likeness (QED) is 0.407. The van der Waals surface area contributed by atoms with Gasteiger partial charge in [-0.3, -0.25) is 9.89 Å². The van der Waals surface area contributed by atoms with Gasteiger partial charge in [0.05, 0.1) is 12.3 Å². The SMILES string of the molecule is CN=C(NCC(c1ccco1)N1CCCCC1)N1CCc2ccccc21.I. The van der Waals surface area contributed by atoms with Crippen LogP contribution >= 0.6 is 24.0 Å². The molecule has 2 aliphatic heterocycles. The van der Waals surface area contributed by atoms with Gasteiger partial charge < -0.3 is 14.6 Å². The van der Waals surface area contributed by atoms with Crippen LogP contribution in [0.25, 0.3) is 0 Å². The third-order valence-corrected chi connectivity index (χ3v) is 5.51. The van der Waals surface area contributed by atoms with E-state index in [4.69, 9.17) is 4.42 Å². The van der Waals surface area contributed by atoms with Crippen LogP contribution in [0.2, 0.25) is 0 Å². The Labute approximate surface area is 178 Å². The maximum Gasteiger partial charge on any atom is 0.198 e. The summed E-state index contributed by atoms with van der Waals surface area (Å²) in [4.78, 5) is 9.39. The average molecular weight is 480 g/mol. The third-order valence-electron chi connectivity index (χ3n) is 5.51. The van der Waals surface area contributed by atoms with Gasteiger partial charge in [0, 0.05) is 25.8 Å². The fourth-order valence-electron chi connectivity index (χ4n) is 4.16. The number of furan rings is 1. The lowest BCUT2D eigenvalue weighted by Gasteiger charge is -2.34. The number of rotatable bonds is 4. The van der Waals surface area contributed by atoms with Gasteiger partial charge in [0.15, 0.2) is 5.96 Å². The van der Waals surface area contributed by atoms with Crippen LogP contribution in [-0.2, 0) is 6.42 Å². The summed E-state index contributed by atoms with van der Waals surface area (Å²) in [6.45, 7) is 4.06. The van der Waals surface area contributed by atoms with Gasteiger partial charge in [-0.1, -0.05) is 24.6 Å². The molecule has 2 aromatic rings. The van der Waals surface area contributed by atoms with Crippen LogP contribution in [0.15, 0.2) is 52.1 Å². The highest BCUT2D eigenvalue weighted by Gasteiger charge is 2.27. The molecule has 146 valence electrons. The molecular formula is C21H29IN4O. The van der Waals surface area contributed by atoms with Crippen LogP contribution in [-0.4, -0.2) is 44.1 Å². The Kier molecular flexibility index (Phi) is 7.18. The Morgan fingerprint density at radius 3 is 2.67 bits per heavy atom. The Morgan fingerprint density at radius 1 is 1.11 bits per heavy atom. The van der Waals surface area contributed by atoms with Gasteiger partial charge in [-0.05, 0) is 56.1 Å². The largest absolute Gasteiger partial charge is 0.468 e. The molecule has 1 N–H and O–H groups in total. The molecule has 4 rings (SSSR count). The predicted molar refractivity (Wildman–Crippen MR) is 121 cm³/mol. The van der Waals surface area contributed by atoms with Crippen molar-refractivity contribution < 1.29 is 4.42 Å². The van der Waals surface area contributed by atoms with Crippen LogP contribution in [0.4, 0.5) is 5.69 Å². The van der Waals surface area contributed by atoms with Crippen molar-refractivity contribution in [1.29, 1.82) is 0 Å². The van der Waals surface area contributed by atoms with Crippen molar-refractivity contribution in [3.05, 3.63) is 54.0 Å². The first-order valence-electron chi connectivity index (χ1n) is 9.70. The monoisotopic (exact) mass is 480 g/mol. The zero-order chi connectivity index (χ0) is 17.8. The minimum atomic E-state index is 0. The topological polar surface area (TPSA) is 44.0 Å². The molecule has 0 spiro atoms. The van der Waals surface area contributed by atoms with Crippen molar-refractivity contribution >= 4 is 35.6 Å². The van der Waals surface area contributed by atoms with E-state index in [1.165, 1.54) is 30.5 Å². The number of nitrogens with zero attached hydrogens (tertiary/aromatic N) is 3. The van der Waals surface area contributed by atoms with E-state index < -0.39 is 0 Å². The van der Waals surface area contributed by atoms with Crippen LogP contribution < -0.4 is 10.2 Å². The fourth-order valence-corrected chi connectivity index (χ4v) is 4.16. The normalized spacial score (nSPS) is 18.7. The third kappa shape index (κ3) is 4.48. The van der Waals surface area contributed by atoms with Crippen LogP contribution in [0.3, 0.4) is 0 Å². The molecule has 3 heterocycles. The number of piperidine rings is 1. The number of hydrogen-bond donors (Lipinski definition) is 1. The van der Waals surface area contributed by atoms with Crippen LogP contribution in [0, 0.1) is 0 Å². The second-order valence-corrected chi connectivity index (χ2v) is 7.09. The number of guanidine groups is 1. The lowest BCUT2D eigenvalue weighted by Crippen LogP contribution is -2.45. The number of halogens is 1. The van der Waals surface area contributed by atoms with Crippen LogP contribution in [0.1, 0.15) is 36.6 Å². The molecule has 0 radical (unpaired) electrons. The number of benzene rings is 1. The highest BCUT2D eigenvalue weighted by atomic mass is 127. The molecule has 6 heteroatoms. The van der Waals surface area contributed by atoms with Gasteiger partial charge >= 0.3 is 0 Å². The van der Waals surface area contributed by atoms with Gasteiger partial charge in [-0.25, -0.2) is 0 Å². The summed E-state index contributed by atoms with van der Waals surface area (Å²) in [7, 11) is 1.87. The van der Waals surface area contributed by atoms with E-state index in [9.17, 15) is 0 Å². The average Bonchev–Trinajstić information content (AvgIpc) is 3.36. The van der Waals surface area contributed by atoms with Crippen molar-refractivity contribution in [3.63, 3.8) is 0 Å². The maximum absolute atomic E-state index is 5.76. The van der Waals surface area contributed by atoms with E-state index >= 15 is 0 Å². The lowest BCUT2D eigenvalue weighted by atomic mass is 10.1. The Bertz CT molecular complexity index is 740. The van der Waals surface area contributed by atoms with Gasteiger partial charge in [0.1, 0.15) is 5.76 Å². The summed E-state index contributed by atoms with van der Waals surface area (Å²) in [5.74, 6) is 1.99. The van der Waals surface area contributed by atoms with Crippen molar-refractivity contribution in [2.75, 3.05) is 38.1 Å². The molecule has 27 heavy (non-hydrogen) atoms. The van der Waals surface area contributed by atoms with Gasteiger partial charge in [0.25, 0.3) is 0 Å². The highest BCUT2D eigenvalue weighted by molar-refractivity contribution is 14.0. The van der Waals surface area contributed by atoms with Crippen LogP contribution in [0.5, 0.6) is 0 Å². The number of fused-ring (bicyclic) bond motifs is 1. The molecule has 0 amide bonds. The molecule has 0 saturated carbocycles. The minimum absolute atomic E-state index is 0. The van der Waals surface area contributed by atoms with Crippen molar-refractivity contribution in [1.82, 2.24) is 10.2 Å².